The second kappa shape index (κ2) is 8.86. The maximum absolute atomic E-state index is 14.0. The van der Waals surface area contributed by atoms with Crippen molar-refractivity contribution in [2.24, 2.45) is 0 Å². The molecule has 1 saturated heterocycles. The highest BCUT2D eigenvalue weighted by atomic mass is 19.2. The third-order valence-corrected chi connectivity index (χ3v) is 5.18. The molecule has 1 heterocycles. The van der Waals surface area contributed by atoms with E-state index in [9.17, 15) is 23.1 Å². The molecule has 2 N–H and O–H groups in total. The summed E-state index contributed by atoms with van der Waals surface area (Å²) < 4.78 is 40.8. The lowest BCUT2D eigenvalue weighted by Crippen LogP contribution is -2.61. The molecule has 150 valence electrons. The molecule has 1 aliphatic rings. The van der Waals surface area contributed by atoms with E-state index in [1.165, 1.54) is 24.3 Å². The molecule has 2 atom stereocenters. The Hall–Kier alpha value is -2.22. The lowest BCUT2D eigenvalue weighted by atomic mass is 9.84. The number of halogens is 3. The van der Waals surface area contributed by atoms with Gasteiger partial charge in [-0.1, -0.05) is 24.3 Å². The first kappa shape index (κ1) is 20.5. The number of carbonyl (C=O) groups excluding carboxylic acids is 1. The standard InChI is InChI=1S/C21H23F3N2O2/c22-17-6-1-4-15(10-17)11-25-14-21(28)8-3-9-26(19(21)13-27)12-16-5-2-7-18(23)20(16)24/h1-2,4-7,10,13,19,25,28H,3,8-9,11-12,14H2/t19?,21-/m0/s1. The average Bonchev–Trinajstić information content (AvgIpc) is 2.66. The topological polar surface area (TPSA) is 52.6 Å². The fourth-order valence-corrected chi connectivity index (χ4v) is 3.76. The first-order chi connectivity index (χ1) is 13.4. The lowest BCUT2D eigenvalue weighted by Gasteiger charge is -2.44. The van der Waals surface area contributed by atoms with Crippen molar-refractivity contribution in [1.82, 2.24) is 10.2 Å². The molecule has 0 bridgehead atoms. The van der Waals surface area contributed by atoms with Gasteiger partial charge in [-0.25, -0.2) is 13.2 Å². The van der Waals surface area contributed by atoms with E-state index in [1.54, 1.807) is 17.0 Å². The maximum atomic E-state index is 14.0. The van der Waals surface area contributed by atoms with Crippen LogP contribution in [0.15, 0.2) is 42.5 Å². The van der Waals surface area contributed by atoms with E-state index in [4.69, 9.17) is 0 Å². The van der Waals surface area contributed by atoms with E-state index < -0.39 is 23.3 Å². The minimum absolute atomic E-state index is 0.0270. The molecule has 0 aliphatic carbocycles. The Morgan fingerprint density at radius 3 is 2.75 bits per heavy atom. The van der Waals surface area contributed by atoms with Gasteiger partial charge in [0.2, 0.25) is 0 Å². The average molecular weight is 392 g/mol. The molecule has 0 amide bonds. The molecule has 1 unspecified atom stereocenters. The normalized spacial score (nSPS) is 22.9. The van der Waals surface area contributed by atoms with Gasteiger partial charge in [0.15, 0.2) is 11.6 Å². The number of nitrogens with zero attached hydrogens (tertiary/aromatic N) is 1. The molecule has 0 radical (unpaired) electrons. The fourth-order valence-electron chi connectivity index (χ4n) is 3.76. The van der Waals surface area contributed by atoms with Crippen LogP contribution in [0.5, 0.6) is 0 Å². The van der Waals surface area contributed by atoms with Crippen molar-refractivity contribution in [2.75, 3.05) is 13.1 Å². The monoisotopic (exact) mass is 392 g/mol. The Labute approximate surface area is 162 Å². The highest BCUT2D eigenvalue weighted by molar-refractivity contribution is 5.60. The Morgan fingerprint density at radius 2 is 2.00 bits per heavy atom. The van der Waals surface area contributed by atoms with Crippen LogP contribution in [0.25, 0.3) is 0 Å². The summed E-state index contributed by atoms with van der Waals surface area (Å²) in [6.45, 7) is 0.976. The van der Waals surface area contributed by atoms with Gasteiger partial charge in [0, 0.05) is 25.2 Å². The van der Waals surface area contributed by atoms with Crippen molar-refractivity contribution >= 4 is 6.29 Å². The van der Waals surface area contributed by atoms with Gasteiger partial charge < -0.3 is 15.2 Å². The summed E-state index contributed by atoms with van der Waals surface area (Å²) in [6.07, 6.45) is 1.66. The van der Waals surface area contributed by atoms with E-state index in [0.717, 1.165) is 11.6 Å². The molecule has 1 fully saturated rings. The smallest absolute Gasteiger partial charge is 0.163 e. The molecule has 1 aliphatic heterocycles. The van der Waals surface area contributed by atoms with Gasteiger partial charge in [0.1, 0.15) is 12.1 Å². The number of benzene rings is 2. The van der Waals surface area contributed by atoms with Crippen LogP contribution in [0.3, 0.4) is 0 Å². The van der Waals surface area contributed by atoms with Gasteiger partial charge in [-0.15, -0.1) is 0 Å². The van der Waals surface area contributed by atoms with Crippen molar-refractivity contribution in [2.45, 2.75) is 37.6 Å². The molecule has 7 heteroatoms. The Kier molecular flexibility index (Phi) is 6.49. The Bertz CT molecular complexity index is 833. The first-order valence-corrected chi connectivity index (χ1v) is 9.23. The summed E-state index contributed by atoms with van der Waals surface area (Å²) >= 11 is 0. The van der Waals surface area contributed by atoms with Crippen LogP contribution in [-0.4, -0.2) is 41.0 Å². The number of likely N-dealkylation sites (tertiary alicyclic amines) is 1. The molecular weight excluding hydrogens is 369 g/mol. The van der Waals surface area contributed by atoms with E-state index in [0.29, 0.717) is 32.2 Å². The van der Waals surface area contributed by atoms with Crippen molar-refractivity contribution in [3.05, 3.63) is 71.0 Å². The molecule has 4 nitrogen and oxygen atoms in total. The second-order valence-corrected chi connectivity index (χ2v) is 7.20. The van der Waals surface area contributed by atoms with Crippen LogP contribution < -0.4 is 5.32 Å². The van der Waals surface area contributed by atoms with Crippen LogP contribution in [0.2, 0.25) is 0 Å². The summed E-state index contributed by atoms with van der Waals surface area (Å²) in [5.41, 5.74) is -0.485. The number of aldehydes is 1. The van der Waals surface area contributed by atoms with Gasteiger partial charge >= 0.3 is 0 Å². The van der Waals surface area contributed by atoms with Crippen LogP contribution in [-0.2, 0) is 17.9 Å². The van der Waals surface area contributed by atoms with Gasteiger partial charge in [0.25, 0.3) is 0 Å². The molecule has 2 aromatic rings. The molecule has 0 spiro atoms. The zero-order valence-corrected chi connectivity index (χ0v) is 15.4. The first-order valence-electron chi connectivity index (χ1n) is 9.23. The molecule has 0 aromatic heterocycles. The van der Waals surface area contributed by atoms with Crippen molar-refractivity contribution < 1.29 is 23.1 Å². The lowest BCUT2D eigenvalue weighted by molar-refractivity contribution is -0.130. The molecule has 2 aromatic carbocycles. The number of hydrogen-bond donors (Lipinski definition) is 2. The highest BCUT2D eigenvalue weighted by Crippen LogP contribution is 2.28. The minimum atomic E-state index is -1.35. The molecule has 0 saturated carbocycles. The molecule has 28 heavy (non-hydrogen) atoms. The summed E-state index contributed by atoms with van der Waals surface area (Å²) in [7, 11) is 0. The Morgan fingerprint density at radius 1 is 1.21 bits per heavy atom. The number of aliphatic hydroxyl groups is 1. The van der Waals surface area contributed by atoms with Crippen LogP contribution in [0, 0.1) is 17.5 Å². The van der Waals surface area contributed by atoms with E-state index in [2.05, 4.69) is 5.32 Å². The van der Waals surface area contributed by atoms with Crippen LogP contribution in [0.4, 0.5) is 13.2 Å². The van der Waals surface area contributed by atoms with Crippen LogP contribution >= 0.6 is 0 Å². The summed E-state index contributed by atoms with van der Waals surface area (Å²) in [5.74, 6) is -2.22. The number of hydrogen-bond acceptors (Lipinski definition) is 4. The van der Waals surface area contributed by atoms with E-state index in [1.807, 2.05) is 0 Å². The van der Waals surface area contributed by atoms with Crippen LogP contribution in [0.1, 0.15) is 24.0 Å². The number of nitrogens with one attached hydrogen (secondary N) is 1. The largest absolute Gasteiger partial charge is 0.386 e. The van der Waals surface area contributed by atoms with E-state index in [-0.39, 0.29) is 24.5 Å². The van der Waals surface area contributed by atoms with Crippen molar-refractivity contribution in [3.8, 4) is 0 Å². The summed E-state index contributed by atoms with van der Waals surface area (Å²) in [4.78, 5) is 13.4. The summed E-state index contributed by atoms with van der Waals surface area (Å²) in [6, 6.07) is 9.18. The SMILES string of the molecule is O=CC1N(Cc2cccc(F)c2F)CCC[C@]1(O)CNCc1cccc(F)c1. The van der Waals surface area contributed by atoms with E-state index >= 15 is 0 Å². The third kappa shape index (κ3) is 4.60. The zero-order valence-electron chi connectivity index (χ0n) is 15.4. The van der Waals surface area contributed by atoms with Gasteiger partial charge in [-0.3, -0.25) is 4.90 Å². The highest BCUT2D eigenvalue weighted by Gasteiger charge is 2.43. The quantitative estimate of drug-likeness (QED) is 0.712. The minimum Gasteiger partial charge on any atom is -0.386 e. The van der Waals surface area contributed by atoms with Gasteiger partial charge in [-0.05, 0) is 43.1 Å². The predicted octanol–water partition coefficient (Wildman–Crippen LogP) is 2.79. The Balaban J connectivity index is 1.68. The summed E-state index contributed by atoms with van der Waals surface area (Å²) in [5, 5.41) is 14.1. The molecular formula is C21H23F3N2O2. The number of piperidine rings is 1. The predicted molar refractivity (Wildman–Crippen MR) is 98.9 cm³/mol. The van der Waals surface area contributed by atoms with Crippen molar-refractivity contribution in [3.63, 3.8) is 0 Å². The number of rotatable bonds is 7. The van der Waals surface area contributed by atoms with Gasteiger partial charge in [0.05, 0.1) is 11.6 Å². The second-order valence-electron chi connectivity index (χ2n) is 7.20. The number of carbonyl (C=O) groups is 1. The van der Waals surface area contributed by atoms with Gasteiger partial charge in [-0.2, -0.15) is 0 Å². The third-order valence-electron chi connectivity index (χ3n) is 5.18. The van der Waals surface area contributed by atoms with Crippen molar-refractivity contribution in [1.29, 1.82) is 0 Å². The zero-order chi connectivity index (χ0) is 20.1. The maximum Gasteiger partial charge on any atom is 0.163 e. The fraction of sp³-hybridized carbons (Fsp3) is 0.381. The molecule has 3 rings (SSSR count).